The lowest BCUT2D eigenvalue weighted by Crippen LogP contribution is -2.41. The van der Waals surface area contributed by atoms with Crippen molar-refractivity contribution in [1.29, 1.82) is 10.5 Å². The summed E-state index contributed by atoms with van der Waals surface area (Å²) in [5.74, 6) is 2.72. The number of nitriles is 2. The maximum atomic E-state index is 12.3. The van der Waals surface area contributed by atoms with Crippen LogP contribution in [-0.4, -0.2) is 126 Å². The van der Waals surface area contributed by atoms with Crippen LogP contribution in [0.1, 0.15) is 80.7 Å². The lowest BCUT2D eigenvalue weighted by atomic mass is 9.80. The van der Waals surface area contributed by atoms with Crippen molar-refractivity contribution >= 4 is 52.3 Å². The number of carbonyl (C=O) groups is 1. The first-order chi connectivity index (χ1) is 38.5. The molecular formula is C58H59BClN9O11. The highest BCUT2D eigenvalue weighted by Crippen LogP contribution is 2.40. The van der Waals surface area contributed by atoms with E-state index in [4.69, 9.17) is 58.2 Å². The standard InChI is InChI=1S/C27H25N5O5.C17H23BN2O4.C14H11ClN2O2/c1-32(2)27(33)22-12-23(34-3)20(15-30-22)24-11-21-25(37-24)19(4-7-29-21)17-10-16(13-28)26(31-14-17)36-18-5-8-35-9-6-18;1-16(2)17(3,4)24-18(23-16)13-9-12(10-19)15(20-11-13)22-14-5-7-21-8-6-14;1-8-5-12(18-2)9(7-17-8)13-6-11-14(19-13)10(15)3-4-16-11/h4,7,10-12,14-15,18H,5-6,8-9H2,1-3H3;9,11,14H,5-8H2,1-4H3;3-7H,1-2H3. The van der Waals surface area contributed by atoms with Gasteiger partial charge in [-0.25, -0.2) is 9.97 Å². The molecule has 0 saturated carbocycles. The Balaban J connectivity index is 0.000000155. The van der Waals surface area contributed by atoms with E-state index >= 15 is 0 Å². The second-order valence-corrected chi connectivity index (χ2v) is 20.6. The topological polar surface area (TPSA) is 245 Å². The van der Waals surface area contributed by atoms with Crippen LogP contribution >= 0.6 is 11.6 Å². The Kier molecular flexibility index (Phi) is 17.3. The van der Waals surface area contributed by atoms with E-state index in [1.165, 1.54) is 12.0 Å². The molecular weight excluding hydrogens is 1040 g/mol. The molecule has 1 amide bonds. The van der Waals surface area contributed by atoms with E-state index in [0.717, 1.165) is 48.0 Å². The van der Waals surface area contributed by atoms with E-state index in [1.54, 1.807) is 94.8 Å². The highest BCUT2D eigenvalue weighted by atomic mass is 35.5. The Labute approximate surface area is 468 Å². The molecule has 11 rings (SSSR count). The third-order valence-electron chi connectivity index (χ3n) is 13.9. The average Bonchev–Trinajstić information content (AvgIpc) is 4.17. The first-order valence-corrected chi connectivity index (χ1v) is 26.2. The summed E-state index contributed by atoms with van der Waals surface area (Å²) < 4.78 is 57.4. The van der Waals surface area contributed by atoms with Crippen LogP contribution in [0, 0.1) is 29.6 Å². The van der Waals surface area contributed by atoms with Crippen LogP contribution in [0.4, 0.5) is 0 Å². The van der Waals surface area contributed by atoms with E-state index in [-0.39, 0.29) is 23.8 Å². The minimum atomic E-state index is -0.535. The molecule has 0 bridgehead atoms. The number of amides is 1. The number of fused-ring (bicyclic) bond motifs is 2. The predicted octanol–water partition coefficient (Wildman–Crippen LogP) is 9.76. The van der Waals surface area contributed by atoms with Gasteiger partial charge in [0.2, 0.25) is 11.8 Å². The number of halogens is 1. The third kappa shape index (κ3) is 12.5. The van der Waals surface area contributed by atoms with E-state index < -0.39 is 18.3 Å². The fourth-order valence-electron chi connectivity index (χ4n) is 8.79. The summed E-state index contributed by atoms with van der Waals surface area (Å²) in [5, 5.41) is 19.7. The summed E-state index contributed by atoms with van der Waals surface area (Å²) in [6, 6.07) is 18.4. The van der Waals surface area contributed by atoms with Crippen LogP contribution in [-0.2, 0) is 18.8 Å². The summed E-state index contributed by atoms with van der Waals surface area (Å²) in [5.41, 5.74) is 6.96. The van der Waals surface area contributed by atoms with Crippen LogP contribution in [0.5, 0.6) is 23.3 Å². The number of furan rings is 2. The molecule has 20 nitrogen and oxygen atoms in total. The maximum absolute atomic E-state index is 12.3. The SMILES string of the molecule is CC1(C)OB(c2cnc(OC3CCOCC3)c(C#N)c2)OC1(C)C.COc1cc(C(=O)N(C)C)ncc1-c1cc2nccc(-c3cnc(OC4CCOCC4)c(C#N)c3)c2o1.COc1cc(C)ncc1-c1cc2nccc(Cl)c2o1. The van der Waals surface area contributed by atoms with Gasteiger partial charge < -0.3 is 51.5 Å². The first kappa shape index (κ1) is 56.5. The Bertz CT molecular complexity index is 3600. The Hall–Kier alpha value is -8.18. The number of methoxy groups -OCH3 is 2. The zero-order valence-corrected chi connectivity index (χ0v) is 46.6. The van der Waals surface area contributed by atoms with E-state index in [1.807, 2.05) is 46.8 Å². The van der Waals surface area contributed by atoms with Gasteiger partial charge >= 0.3 is 7.12 Å². The number of hydrogen-bond acceptors (Lipinski definition) is 19. The van der Waals surface area contributed by atoms with Crippen molar-refractivity contribution in [3.63, 3.8) is 0 Å². The van der Waals surface area contributed by atoms with Gasteiger partial charge in [-0.15, -0.1) is 0 Å². The molecule has 0 aromatic carbocycles. The van der Waals surface area contributed by atoms with Crippen molar-refractivity contribution in [3.8, 4) is 69.2 Å². The number of rotatable bonds is 11. The Morgan fingerprint density at radius 2 is 1.19 bits per heavy atom. The monoisotopic (exact) mass is 1100 g/mol. The molecule has 0 aliphatic carbocycles. The molecule has 412 valence electrons. The fourth-order valence-corrected chi connectivity index (χ4v) is 8.98. The highest BCUT2D eigenvalue weighted by molar-refractivity contribution is 6.62. The van der Waals surface area contributed by atoms with Crippen molar-refractivity contribution in [1.82, 2.24) is 34.8 Å². The van der Waals surface area contributed by atoms with Crippen LogP contribution < -0.4 is 24.4 Å². The minimum Gasteiger partial charge on any atom is -0.496 e. The van der Waals surface area contributed by atoms with Crippen molar-refractivity contribution in [2.75, 3.05) is 54.7 Å². The van der Waals surface area contributed by atoms with Crippen LogP contribution in [0.25, 0.3) is 56.0 Å². The van der Waals surface area contributed by atoms with Gasteiger partial charge in [0.1, 0.15) is 75.2 Å². The largest absolute Gasteiger partial charge is 0.496 e. The van der Waals surface area contributed by atoms with Gasteiger partial charge in [-0.05, 0) is 58.9 Å². The number of pyridine rings is 6. The van der Waals surface area contributed by atoms with Crippen LogP contribution in [0.15, 0.2) is 94.5 Å². The van der Waals surface area contributed by atoms with Crippen molar-refractivity contribution in [3.05, 3.63) is 113 Å². The highest BCUT2D eigenvalue weighted by Gasteiger charge is 2.52. The second kappa shape index (κ2) is 24.5. The molecule has 0 spiro atoms. The number of hydrogen-bond donors (Lipinski definition) is 0. The van der Waals surface area contributed by atoms with Crippen molar-refractivity contribution < 1.29 is 51.4 Å². The van der Waals surface area contributed by atoms with Crippen molar-refractivity contribution in [2.24, 2.45) is 0 Å². The smallest absolute Gasteiger partial charge is 0.496 e. The normalized spacial score (nSPS) is 15.9. The molecule has 0 radical (unpaired) electrons. The van der Waals surface area contributed by atoms with Gasteiger partial charge in [-0.3, -0.25) is 24.7 Å². The number of aryl methyl sites for hydroxylation is 1. The number of ether oxygens (including phenoxy) is 6. The molecule has 0 unspecified atom stereocenters. The van der Waals surface area contributed by atoms with Gasteiger partial charge in [0.15, 0.2) is 11.2 Å². The second-order valence-electron chi connectivity index (χ2n) is 20.2. The summed E-state index contributed by atoms with van der Waals surface area (Å²) in [4.78, 5) is 39.8. The maximum Gasteiger partial charge on any atom is 0.496 e. The summed E-state index contributed by atoms with van der Waals surface area (Å²) in [7, 11) is 5.92. The zero-order chi connectivity index (χ0) is 56.7. The van der Waals surface area contributed by atoms with Gasteiger partial charge in [-0.1, -0.05) is 11.6 Å². The Morgan fingerprint density at radius 3 is 1.75 bits per heavy atom. The van der Waals surface area contributed by atoms with Crippen molar-refractivity contribution in [2.45, 2.75) is 83.7 Å². The fraction of sp³-hybridized carbons (Fsp3) is 0.362. The molecule has 3 saturated heterocycles. The van der Waals surface area contributed by atoms with Gasteiger partial charge in [0.05, 0.1) is 68.0 Å². The average molecular weight is 1100 g/mol. The molecule has 11 heterocycles. The van der Waals surface area contributed by atoms with Gasteiger partial charge in [0.25, 0.3) is 5.91 Å². The lowest BCUT2D eigenvalue weighted by Gasteiger charge is -2.32. The van der Waals surface area contributed by atoms with Gasteiger partial charge in [-0.2, -0.15) is 10.5 Å². The Morgan fingerprint density at radius 1 is 0.662 bits per heavy atom. The number of aromatic nitrogens is 6. The minimum absolute atomic E-state index is 0.0255. The van der Waals surface area contributed by atoms with E-state index in [9.17, 15) is 15.3 Å². The molecule has 80 heavy (non-hydrogen) atoms. The first-order valence-electron chi connectivity index (χ1n) is 25.8. The van der Waals surface area contributed by atoms with E-state index in [0.29, 0.717) is 111 Å². The summed E-state index contributed by atoms with van der Waals surface area (Å²) in [6.07, 6.45) is 13.1. The molecule has 3 aliphatic rings. The van der Waals surface area contributed by atoms with Gasteiger partial charge in [0, 0.05) is 124 Å². The molecule has 0 N–H and O–H groups in total. The summed E-state index contributed by atoms with van der Waals surface area (Å²) >= 11 is 6.08. The van der Waals surface area contributed by atoms with Crippen LogP contribution in [0.2, 0.25) is 5.02 Å². The quantitative estimate of drug-likeness (QED) is 0.109. The summed E-state index contributed by atoms with van der Waals surface area (Å²) in [6.45, 7) is 12.5. The molecule has 0 atom stereocenters. The van der Waals surface area contributed by atoms with Crippen LogP contribution in [0.3, 0.4) is 0 Å². The van der Waals surface area contributed by atoms with E-state index in [2.05, 4.69) is 42.0 Å². The number of carbonyl (C=O) groups excluding carboxylic acids is 1. The zero-order valence-electron chi connectivity index (χ0n) is 45.9. The number of nitrogens with zero attached hydrogens (tertiary/aromatic N) is 9. The molecule has 3 fully saturated rings. The molecule has 8 aromatic rings. The molecule has 22 heteroatoms. The predicted molar refractivity (Wildman–Crippen MR) is 297 cm³/mol. The molecule has 8 aromatic heterocycles. The third-order valence-corrected chi connectivity index (χ3v) is 14.2. The molecule has 3 aliphatic heterocycles. The lowest BCUT2D eigenvalue weighted by molar-refractivity contribution is 0.00578.